The van der Waals surface area contributed by atoms with Crippen molar-refractivity contribution < 1.29 is 19.1 Å². The average molecular weight is 571 g/mol. The van der Waals surface area contributed by atoms with Crippen molar-refractivity contribution in [2.75, 3.05) is 6.61 Å². The fourth-order valence-corrected chi connectivity index (χ4v) is 8.83. The molecule has 4 nitrogen and oxygen atoms in total. The molecule has 0 aliphatic rings. The molecule has 5 heteroatoms. The van der Waals surface area contributed by atoms with Gasteiger partial charge in [-0.2, -0.15) is 0 Å². The number of carbonyl (C=O) groups is 3. The Bertz CT molecular complexity index is 1300. The topological polar surface area (TPSA) is 60.4 Å². The minimum absolute atomic E-state index is 0.00934. The van der Waals surface area contributed by atoms with Crippen LogP contribution >= 0.6 is 0 Å². The fraction of sp³-hybridized carbons (Fsp3) is 0.182. The zero-order valence-corrected chi connectivity index (χ0v) is 23.0. The van der Waals surface area contributed by atoms with E-state index in [0.29, 0.717) is 12.2 Å². The Morgan fingerprint density at radius 3 is 1.61 bits per heavy atom. The quantitative estimate of drug-likeness (QED) is 0.165. The molecule has 0 aliphatic carbocycles. The average Bonchev–Trinajstić information content (AvgIpc) is 2.97. The van der Waals surface area contributed by atoms with Gasteiger partial charge >= 0.3 is 193 Å². The number of ketones is 3. The van der Waals surface area contributed by atoms with Crippen LogP contribution in [0.2, 0.25) is 0 Å². The number of hydrogen-bond donors (Lipinski definition) is 0. The summed E-state index contributed by atoms with van der Waals surface area (Å²) in [6.07, 6.45) is 0.882. The summed E-state index contributed by atoms with van der Waals surface area (Å²) in [5, 5.41) is 0. The van der Waals surface area contributed by atoms with Gasteiger partial charge in [-0.15, -0.1) is 0 Å². The molecule has 0 unspecified atom stereocenters. The molecule has 0 saturated carbocycles. The van der Waals surface area contributed by atoms with E-state index in [4.69, 9.17) is 4.74 Å². The number of benzene rings is 4. The van der Waals surface area contributed by atoms with Crippen molar-refractivity contribution in [3.8, 4) is 5.75 Å². The second-order valence-corrected chi connectivity index (χ2v) is 13.0. The molecule has 192 valence electrons. The second-order valence-electron chi connectivity index (χ2n) is 8.84. The van der Waals surface area contributed by atoms with Gasteiger partial charge in [0.2, 0.25) is 0 Å². The first-order valence-electron chi connectivity index (χ1n) is 12.8. The van der Waals surface area contributed by atoms with Crippen molar-refractivity contribution in [1.82, 2.24) is 0 Å². The molecule has 0 spiro atoms. The van der Waals surface area contributed by atoms with E-state index in [1.54, 1.807) is 0 Å². The van der Waals surface area contributed by atoms with E-state index in [0.717, 1.165) is 10.2 Å². The molecule has 0 heterocycles. The summed E-state index contributed by atoms with van der Waals surface area (Å²) in [7, 11) is 0. The summed E-state index contributed by atoms with van der Waals surface area (Å²) >= 11 is -1.70. The third-order valence-electron chi connectivity index (χ3n) is 6.07. The number of Topliss-reactive ketones (excluding diaryl/α,β-unsaturated/α-hetero) is 3. The van der Waals surface area contributed by atoms with Crippen LogP contribution < -0.4 is 18.1 Å². The molecule has 0 bridgehead atoms. The van der Waals surface area contributed by atoms with Crippen LogP contribution in [0, 0.1) is 0 Å². The zero-order valence-electron chi connectivity index (χ0n) is 21.3. The van der Waals surface area contributed by atoms with Crippen LogP contribution in [0.3, 0.4) is 0 Å². The van der Waals surface area contributed by atoms with Crippen molar-refractivity contribution in [3.05, 3.63) is 121 Å². The summed E-state index contributed by atoms with van der Waals surface area (Å²) in [6.45, 7) is 0.291. The van der Waals surface area contributed by atoms with Crippen molar-refractivity contribution in [3.63, 3.8) is 0 Å². The van der Waals surface area contributed by atoms with Gasteiger partial charge in [-0.1, -0.05) is 18.2 Å². The predicted molar refractivity (Wildman–Crippen MR) is 153 cm³/mol. The van der Waals surface area contributed by atoms with Gasteiger partial charge in [-0.3, -0.25) is 0 Å². The maximum absolute atomic E-state index is 13.3. The van der Waals surface area contributed by atoms with Crippen LogP contribution in [-0.4, -0.2) is 37.9 Å². The Kier molecular flexibility index (Phi) is 10.2. The Labute approximate surface area is 228 Å². The molecule has 0 amide bonds. The molecule has 0 N–H and O–H groups in total. The monoisotopic (exact) mass is 571 g/mol. The molecule has 0 aliphatic heterocycles. The Hall–Kier alpha value is -3.79. The van der Waals surface area contributed by atoms with Crippen LogP contribution in [0.25, 0.3) is 0 Å². The Morgan fingerprint density at radius 1 is 0.526 bits per heavy atom. The first-order chi connectivity index (χ1) is 18.6. The van der Waals surface area contributed by atoms with Crippen LogP contribution in [0.1, 0.15) is 42.5 Å². The van der Waals surface area contributed by atoms with Crippen LogP contribution in [0.15, 0.2) is 115 Å². The molecule has 0 radical (unpaired) electrons. The van der Waals surface area contributed by atoms with Gasteiger partial charge in [0.05, 0.1) is 0 Å². The van der Waals surface area contributed by atoms with Crippen LogP contribution in [0.4, 0.5) is 0 Å². The third kappa shape index (κ3) is 7.85. The maximum atomic E-state index is 13.3. The van der Waals surface area contributed by atoms with Gasteiger partial charge in [0.15, 0.2) is 0 Å². The fourth-order valence-electron chi connectivity index (χ4n) is 4.09. The van der Waals surface area contributed by atoms with Crippen LogP contribution in [-0.2, 0) is 9.59 Å². The van der Waals surface area contributed by atoms with E-state index in [2.05, 4.69) is 30.3 Å². The standard InChI is InChI=1S/C33H31O4Se/c34-26(20-21-27(35)24-25-37-28-12-4-1-5-13-28)22-23-32(36)31-18-10-11-19-33(31)38(29-14-6-2-7-15-29)30-16-8-3-9-17-30/h1-19H,20-25H2/q+1. The summed E-state index contributed by atoms with van der Waals surface area (Å²) in [6, 6.07) is 37.8. The summed E-state index contributed by atoms with van der Waals surface area (Å²) in [5.41, 5.74) is 0.687. The molecule has 4 aromatic rings. The molecule has 4 aromatic carbocycles. The Morgan fingerprint density at radius 2 is 1.00 bits per heavy atom. The van der Waals surface area contributed by atoms with E-state index in [1.165, 1.54) is 8.92 Å². The van der Waals surface area contributed by atoms with E-state index < -0.39 is 13.9 Å². The normalized spacial score (nSPS) is 10.8. The second kappa shape index (κ2) is 14.2. The van der Waals surface area contributed by atoms with E-state index in [1.807, 2.05) is 84.9 Å². The van der Waals surface area contributed by atoms with Gasteiger partial charge in [-0.25, -0.2) is 0 Å². The summed E-state index contributed by atoms with van der Waals surface area (Å²) in [5.74, 6) is 0.619. The SMILES string of the molecule is O=C(CCOc1ccccc1)CCC(=O)CCC(=O)c1ccccc1[Se+](c1ccccc1)c1ccccc1. The number of para-hydroxylation sites is 1. The molecule has 0 aromatic heterocycles. The number of ether oxygens (including phenoxy) is 1. The molecule has 0 saturated heterocycles. The van der Waals surface area contributed by atoms with Gasteiger partial charge in [-0.05, 0) is 12.1 Å². The van der Waals surface area contributed by atoms with Crippen molar-refractivity contribution in [2.24, 2.45) is 0 Å². The molecular weight excluding hydrogens is 539 g/mol. The van der Waals surface area contributed by atoms with Crippen molar-refractivity contribution in [1.29, 1.82) is 0 Å². The number of carbonyl (C=O) groups excluding carboxylic acids is 3. The van der Waals surface area contributed by atoms with Crippen molar-refractivity contribution in [2.45, 2.75) is 32.1 Å². The first kappa shape index (κ1) is 27.2. The molecule has 4 rings (SSSR count). The zero-order chi connectivity index (χ0) is 26.6. The van der Waals surface area contributed by atoms with Gasteiger partial charge in [0, 0.05) is 0 Å². The van der Waals surface area contributed by atoms with Gasteiger partial charge < -0.3 is 0 Å². The molecule has 38 heavy (non-hydrogen) atoms. The van der Waals surface area contributed by atoms with E-state index >= 15 is 0 Å². The predicted octanol–water partition coefficient (Wildman–Crippen LogP) is 4.55. The van der Waals surface area contributed by atoms with Crippen LogP contribution in [0.5, 0.6) is 5.75 Å². The molecule has 0 fully saturated rings. The molecular formula is C33H31O4Se+. The Balaban J connectivity index is 1.34. The number of hydrogen-bond acceptors (Lipinski definition) is 4. The molecule has 0 atom stereocenters. The van der Waals surface area contributed by atoms with E-state index in [-0.39, 0.29) is 49.5 Å². The summed E-state index contributed by atoms with van der Waals surface area (Å²) < 4.78 is 9.06. The van der Waals surface area contributed by atoms with E-state index in [9.17, 15) is 14.4 Å². The summed E-state index contributed by atoms with van der Waals surface area (Å²) in [4.78, 5) is 38.0. The van der Waals surface area contributed by atoms with Crippen molar-refractivity contribution >= 4 is 44.6 Å². The number of rotatable bonds is 14. The third-order valence-corrected chi connectivity index (χ3v) is 10.9. The first-order valence-corrected chi connectivity index (χ1v) is 15.4. The van der Waals surface area contributed by atoms with Gasteiger partial charge in [0.25, 0.3) is 0 Å². The minimum atomic E-state index is -1.70. The van der Waals surface area contributed by atoms with Gasteiger partial charge in [0.1, 0.15) is 5.75 Å².